The molecule has 0 radical (unpaired) electrons. The molecule has 2 unspecified atom stereocenters. The summed E-state index contributed by atoms with van der Waals surface area (Å²) >= 11 is 3.46. The van der Waals surface area contributed by atoms with Crippen LogP contribution in [0.5, 0.6) is 5.75 Å². The molecule has 0 spiro atoms. The van der Waals surface area contributed by atoms with Gasteiger partial charge in [-0.2, -0.15) is 0 Å². The molecule has 2 rings (SSSR count). The predicted molar refractivity (Wildman–Crippen MR) is 87.5 cm³/mol. The molecular weight excluding hydrogens is 332 g/mol. The highest BCUT2D eigenvalue weighted by molar-refractivity contribution is 9.10. The number of ether oxygens (including phenoxy) is 1. The molecule has 21 heavy (non-hydrogen) atoms. The third-order valence-corrected chi connectivity index (χ3v) is 4.04. The number of nitrogens with one attached hydrogen (secondary N) is 2. The number of carbonyl (C=O) groups is 1. The van der Waals surface area contributed by atoms with E-state index in [2.05, 4.69) is 40.4 Å². The normalized spacial score (nSPS) is 17.1. The van der Waals surface area contributed by atoms with E-state index in [1.54, 1.807) is 6.92 Å². The second-order valence-electron chi connectivity index (χ2n) is 5.50. The van der Waals surface area contributed by atoms with Gasteiger partial charge in [0.05, 0.1) is 0 Å². The number of amides is 1. The van der Waals surface area contributed by atoms with Crippen molar-refractivity contribution in [3.05, 3.63) is 28.2 Å². The quantitative estimate of drug-likeness (QED) is 0.790. The molecule has 4 nitrogen and oxygen atoms in total. The molecule has 0 aromatic heterocycles. The first kappa shape index (κ1) is 16.3. The van der Waals surface area contributed by atoms with E-state index >= 15 is 0 Å². The van der Waals surface area contributed by atoms with Crippen molar-refractivity contribution < 1.29 is 9.53 Å². The maximum Gasteiger partial charge on any atom is 0.260 e. The Labute approximate surface area is 134 Å². The Kier molecular flexibility index (Phi) is 5.65. The summed E-state index contributed by atoms with van der Waals surface area (Å²) in [6, 6.07) is 6.47. The van der Waals surface area contributed by atoms with Crippen molar-refractivity contribution in [1.82, 2.24) is 10.6 Å². The maximum absolute atomic E-state index is 12.0. The van der Waals surface area contributed by atoms with Crippen LogP contribution in [0.1, 0.15) is 45.2 Å². The highest BCUT2D eigenvalue weighted by Crippen LogP contribution is 2.29. The van der Waals surface area contributed by atoms with Gasteiger partial charge in [0.2, 0.25) is 0 Å². The Bertz CT molecular complexity index is 503. The van der Waals surface area contributed by atoms with Gasteiger partial charge >= 0.3 is 0 Å². The van der Waals surface area contributed by atoms with Crippen LogP contribution in [0.2, 0.25) is 0 Å². The van der Waals surface area contributed by atoms with Crippen molar-refractivity contribution >= 4 is 21.8 Å². The highest BCUT2D eigenvalue weighted by atomic mass is 79.9. The van der Waals surface area contributed by atoms with Crippen LogP contribution in [0, 0.1) is 0 Å². The van der Waals surface area contributed by atoms with E-state index in [0.29, 0.717) is 6.04 Å². The van der Waals surface area contributed by atoms with Crippen LogP contribution in [0.25, 0.3) is 0 Å². The first-order valence-electron chi connectivity index (χ1n) is 7.51. The fourth-order valence-electron chi connectivity index (χ4n) is 2.17. The summed E-state index contributed by atoms with van der Waals surface area (Å²) in [4.78, 5) is 12.0. The van der Waals surface area contributed by atoms with Gasteiger partial charge in [-0.3, -0.25) is 4.79 Å². The second kappa shape index (κ2) is 7.27. The van der Waals surface area contributed by atoms with Gasteiger partial charge in [-0.05, 0) is 45.4 Å². The molecule has 1 fully saturated rings. The molecule has 2 N–H and O–H groups in total. The number of benzene rings is 1. The van der Waals surface area contributed by atoms with Gasteiger partial charge in [0.25, 0.3) is 5.91 Å². The third-order valence-electron chi connectivity index (χ3n) is 3.55. The zero-order valence-corrected chi connectivity index (χ0v) is 14.4. The molecule has 5 heteroatoms. The summed E-state index contributed by atoms with van der Waals surface area (Å²) in [6.45, 7) is 6.84. The van der Waals surface area contributed by atoms with Crippen LogP contribution < -0.4 is 15.4 Å². The lowest BCUT2D eigenvalue weighted by Crippen LogP contribution is -2.37. The van der Waals surface area contributed by atoms with Crippen LogP contribution in [0.15, 0.2) is 22.7 Å². The second-order valence-corrected chi connectivity index (χ2v) is 6.42. The summed E-state index contributed by atoms with van der Waals surface area (Å²) in [6.07, 6.45) is 1.67. The molecule has 0 bridgehead atoms. The van der Waals surface area contributed by atoms with Crippen molar-refractivity contribution in [3.63, 3.8) is 0 Å². The van der Waals surface area contributed by atoms with Crippen molar-refractivity contribution in [2.24, 2.45) is 0 Å². The lowest BCUT2D eigenvalue weighted by Gasteiger charge is -2.21. The molecular formula is C16H23BrN2O2. The molecule has 1 saturated carbocycles. The van der Waals surface area contributed by atoms with Gasteiger partial charge < -0.3 is 15.4 Å². The average Bonchev–Trinajstić information content (AvgIpc) is 3.23. The highest BCUT2D eigenvalue weighted by Gasteiger charge is 2.27. The lowest BCUT2D eigenvalue weighted by atomic mass is 10.1. The Balaban J connectivity index is 2.09. The smallest absolute Gasteiger partial charge is 0.260 e. The Morgan fingerprint density at radius 1 is 1.43 bits per heavy atom. The average molecular weight is 355 g/mol. The van der Waals surface area contributed by atoms with E-state index in [-0.39, 0.29) is 11.9 Å². The summed E-state index contributed by atoms with van der Waals surface area (Å²) in [5.41, 5.74) is 1.06. The van der Waals surface area contributed by atoms with Gasteiger partial charge in [0.15, 0.2) is 6.10 Å². The summed E-state index contributed by atoms with van der Waals surface area (Å²) in [7, 11) is 0. The van der Waals surface area contributed by atoms with Crippen LogP contribution in [0.4, 0.5) is 0 Å². The van der Waals surface area contributed by atoms with Gasteiger partial charge in [-0.15, -0.1) is 0 Å². The Morgan fingerprint density at radius 2 is 2.14 bits per heavy atom. The first-order valence-corrected chi connectivity index (χ1v) is 8.30. The Morgan fingerprint density at radius 3 is 2.76 bits per heavy atom. The van der Waals surface area contributed by atoms with Gasteiger partial charge in [0.1, 0.15) is 5.75 Å². The summed E-state index contributed by atoms with van der Waals surface area (Å²) < 4.78 is 6.85. The van der Waals surface area contributed by atoms with Crippen LogP contribution in [-0.4, -0.2) is 24.6 Å². The molecule has 1 aromatic rings. The first-order chi connectivity index (χ1) is 10.0. The zero-order valence-electron chi connectivity index (χ0n) is 12.8. The molecule has 0 saturated heterocycles. The Hall–Kier alpha value is -1.07. The van der Waals surface area contributed by atoms with Crippen LogP contribution >= 0.6 is 15.9 Å². The number of hydrogen-bond acceptors (Lipinski definition) is 3. The summed E-state index contributed by atoms with van der Waals surface area (Å²) in [5, 5.41) is 6.34. The minimum Gasteiger partial charge on any atom is -0.481 e. The van der Waals surface area contributed by atoms with E-state index in [9.17, 15) is 4.79 Å². The van der Waals surface area contributed by atoms with E-state index in [4.69, 9.17) is 4.74 Å². The SMILES string of the molecule is CCNC(C)c1ccc(Br)cc1OC(C)C(=O)NC1CC1. The molecule has 0 aliphatic heterocycles. The van der Waals surface area contributed by atoms with E-state index < -0.39 is 6.10 Å². The van der Waals surface area contributed by atoms with E-state index in [0.717, 1.165) is 35.2 Å². The molecule has 116 valence electrons. The molecule has 1 aromatic carbocycles. The van der Waals surface area contributed by atoms with Crippen molar-refractivity contribution in [1.29, 1.82) is 0 Å². The predicted octanol–water partition coefficient (Wildman–Crippen LogP) is 3.17. The summed E-state index contributed by atoms with van der Waals surface area (Å²) in [5.74, 6) is 0.704. The number of halogens is 1. The lowest BCUT2D eigenvalue weighted by molar-refractivity contribution is -0.127. The molecule has 1 amide bonds. The zero-order chi connectivity index (χ0) is 15.4. The molecule has 2 atom stereocenters. The number of hydrogen-bond donors (Lipinski definition) is 2. The van der Waals surface area contributed by atoms with Gasteiger partial charge in [-0.25, -0.2) is 0 Å². The van der Waals surface area contributed by atoms with E-state index in [1.165, 1.54) is 0 Å². The minimum absolute atomic E-state index is 0.0421. The molecule has 1 aliphatic carbocycles. The minimum atomic E-state index is -0.493. The standard InChI is InChI=1S/C16H23BrN2O2/c1-4-18-10(2)14-8-5-12(17)9-15(14)21-11(3)16(20)19-13-6-7-13/h5,8-11,13,18H,4,6-7H2,1-3H3,(H,19,20). The number of rotatable bonds is 7. The number of carbonyl (C=O) groups excluding carboxylic acids is 1. The van der Waals surface area contributed by atoms with Gasteiger partial charge in [0, 0.05) is 22.1 Å². The van der Waals surface area contributed by atoms with Gasteiger partial charge in [-0.1, -0.05) is 28.9 Å². The topological polar surface area (TPSA) is 50.4 Å². The van der Waals surface area contributed by atoms with Crippen molar-refractivity contribution in [2.45, 2.75) is 51.8 Å². The third kappa shape index (κ3) is 4.71. The monoisotopic (exact) mass is 354 g/mol. The van der Waals surface area contributed by atoms with Crippen LogP contribution in [-0.2, 0) is 4.79 Å². The van der Waals surface area contributed by atoms with Crippen molar-refractivity contribution in [3.8, 4) is 5.75 Å². The fourth-order valence-corrected chi connectivity index (χ4v) is 2.51. The largest absolute Gasteiger partial charge is 0.481 e. The fraction of sp³-hybridized carbons (Fsp3) is 0.562. The maximum atomic E-state index is 12.0. The van der Waals surface area contributed by atoms with Crippen molar-refractivity contribution in [2.75, 3.05) is 6.54 Å². The van der Waals surface area contributed by atoms with Crippen LogP contribution in [0.3, 0.4) is 0 Å². The van der Waals surface area contributed by atoms with E-state index in [1.807, 2.05) is 18.2 Å². The molecule has 0 heterocycles. The molecule has 1 aliphatic rings.